The van der Waals surface area contributed by atoms with Crippen molar-refractivity contribution in [2.45, 2.75) is 224 Å². The zero-order valence-electron chi connectivity index (χ0n) is 75.0. The normalized spacial score (nSPS) is 30.9. The Hall–Kier alpha value is -7.14. The molecule has 9 aromatic rings. The maximum Gasteiger partial charge on any atom is 0.191 e. The molecule has 36 heteroatoms. The van der Waals surface area contributed by atoms with Gasteiger partial charge < -0.3 is 76.1 Å². The van der Waals surface area contributed by atoms with Gasteiger partial charge in [0.25, 0.3) is 0 Å². The quantitative estimate of drug-likeness (QED) is 0.0168. The summed E-state index contributed by atoms with van der Waals surface area (Å²) in [5, 5.41) is 127. The predicted molar refractivity (Wildman–Crippen MR) is 398 cm³/mol. The molecule has 6 aliphatic carbocycles. The fourth-order valence-corrected chi connectivity index (χ4v) is 15.1. The zero-order chi connectivity index (χ0) is 90.5. The van der Waals surface area contributed by atoms with E-state index in [1.54, 1.807) is 45.9 Å². The van der Waals surface area contributed by atoms with Gasteiger partial charge in [-0.1, -0.05) is 108 Å². The number of aliphatic hydroxyl groups is 9. The minimum absolute atomic E-state index is 0.00535. The number of thioether (sulfide) groups is 3. The molecule has 0 spiro atoms. The second-order valence-electron chi connectivity index (χ2n) is 26.9. The molecule has 6 aromatic heterocycles. The molecule has 6 fully saturated rings. The Balaban J connectivity index is 0.000000160. The van der Waals surface area contributed by atoms with Crippen LogP contribution in [0.1, 0.15) is 170 Å². The highest BCUT2D eigenvalue weighted by molar-refractivity contribution is 7.99. The first-order chi connectivity index (χ1) is 57.8. The summed E-state index contributed by atoms with van der Waals surface area (Å²) in [5.41, 5.74) is -1.47. The number of nitrogens with zero attached hydrogens (tertiary/aromatic N) is 15. The number of hydrogen-bond acceptors (Lipinski definition) is 30. The molecule has 30 nitrogen and oxygen atoms in total. The van der Waals surface area contributed by atoms with E-state index in [1.165, 1.54) is 32.2 Å². The van der Waals surface area contributed by atoms with Gasteiger partial charge in [0.05, 0.1) is 84.2 Å². The topological polar surface area (TPSA) is 415 Å². The fraction of sp³-hybridized carbons (Fsp3) is 0.583. The molecule has 18 atom stereocenters. The van der Waals surface area contributed by atoms with Gasteiger partial charge in [0.2, 0.25) is 0 Å². The molecule has 0 radical (unpaired) electrons. The Labute approximate surface area is 655 Å². The third kappa shape index (κ3) is 17.5. The van der Waals surface area contributed by atoms with E-state index in [4.69, 9.17) is 41.2 Å². The van der Waals surface area contributed by atoms with Crippen LogP contribution in [-0.2, 0) is 14.2 Å². The first kappa shape index (κ1) is 60.6. The van der Waals surface area contributed by atoms with Crippen LogP contribution in [0, 0.1) is 38.2 Å². The van der Waals surface area contributed by atoms with Crippen LogP contribution in [0.15, 0.2) is 70.1 Å². The molecule has 108 heavy (non-hydrogen) atoms. The highest BCUT2D eigenvalue weighted by Gasteiger charge is 2.49. The molecule has 0 bridgehead atoms. The van der Waals surface area contributed by atoms with Crippen LogP contribution in [0.3, 0.4) is 0 Å². The number of aromatic nitrogens is 15. The lowest BCUT2D eigenvalue weighted by Gasteiger charge is -2.17. The Morgan fingerprint density at radius 2 is 0.796 bits per heavy atom. The minimum Gasteiger partial charge on any atom is -0.394 e. The third-order valence-corrected chi connectivity index (χ3v) is 21.8. The molecule has 6 heterocycles. The van der Waals surface area contributed by atoms with E-state index >= 15 is 0 Å². The van der Waals surface area contributed by atoms with Gasteiger partial charge in [0.1, 0.15) is 54.1 Å². The number of aliphatic hydroxyl groups excluding tert-OH is 7. The molecular weight excluding hydrogens is 1460 g/mol. The summed E-state index contributed by atoms with van der Waals surface area (Å²) in [7, 11) is 0. The molecule has 6 aliphatic rings. The van der Waals surface area contributed by atoms with Crippen molar-refractivity contribution in [2.75, 3.05) is 72.6 Å². The van der Waals surface area contributed by atoms with Crippen LogP contribution in [0.4, 0.5) is 30.6 Å². The van der Waals surface area contributed by atoms with Crippen LogP contribution in [0.5, 0.6) is 0 Å². The average molecular weight is 1570 g/mol. The number of aryl methyl sites for hydroxylation is 3. The SMILES string of the molecule is [2H]C([2H])(C)C([2H])([2H])Sc1nc(N[C@@H]2C[C@H]2c2ccc(C)c(F)c2)c2nnn([C@@H]3C[C@H](OCCO)[C@@H](O)[C@H]3O)c2n1.[2H]C([2H])(CC)Sc1nc(N[C@@H]2C[C@H]2c2ccc(C)c(F)c2)c2nnn([C@@H]3C[C@H](OC([2H])([2H])C([2H])([2H])O)[C@@H](O)[C@H]3O)c2n1.[2H]C([2H])(O)CO[C@H]1C[C@@H](n2nnc3c(N[C@@H]4C[C@H]4c4ccc(C)c(F)c4)nc(SC([2H])([2H])C([2H])([2H])C)nc32)[C@H](O)[C@@H]1O. The second-order valence-corrected chi connectivity index (χ2v) is 29.3. The number of nitrogens with one attached hydrogen (secondary N) is 3. The highest BCUT2D eigenvalue weighted by atomic mass is 32.2. The van der Waals surface area contributed by atoms with Crippen LogP contribution in [0.2, 0.25) is 0 Å². The fourth-order valence-electron chi connectivity index (χ4n) is 13.6. The first-order valence-electron chi connectivity index (χ1n) is 42.9. The van der Waals surface area contributed by atoms with E-state index in [1.807, 2.05) is 18.2 Å². The molecule has 0 amide bonds. The molecule has 6 saturated carbocycles. The number of hydrogen-bond donors (Lipinski definition) is 12. The minimum atomic E-state index is -3.38. The van der Waals surface area contributed by atoms with E-state index in [0.717, 1.165) is 42.3 Å². The lowest BCUT2D eigenvalue weighted by Crippen LogP contribution is -2.33. The van der Waals surface area contributed by atoms with Crippen molar-refractivity contribution in [2.24, 2.45) is 0 Å². The Morgan fingerprint density at radius 3 is 1.11 bits per heavy atom. The standard InChI is InChI=1S/3C24H31FN6O4S/c3*1-3-8-36-24-27-22(26-16-10-14(16)13-5-4-12(2)15(25)9-13)19-23(28-24)31(30-29-19)17-11-18(35-7-6-32)21(34)20(17)33/h3*4-5,9,14,16-18,20-21,32-34H,3,6-8,10-11H2,1-2H3,(H,26,27,28)/t3*14-,16+,17+,18-,20-,21+/m000/s1/i6D2,7D2,8D2;3D2,6D2,8D2;3D2,8D2. The number of halogens is 3. The van der Waals surface area contributed by atoms with E-state index in [2.05, 4.69) is 76.8 Å². The van der Waals surface area contributed by atoms with Gasteiger partial charge in [-0.2, -0.15) is 0 Å². The monoisotopic (exact) mass is 1570 g/mol. The van der Waals surface area contributed by atoms with Gasteiger partial charge >= 0.3 is 0 Å². The smallest absolute Gasteiger partial charge is 0.191 e. The lowest BCUT2D eigenvalue weighted by atomic mass is 10.1. The second kappa shape index (κ2) is 35.1. The maximum atomic E-state index is 14.2. The third-order valence-electron chi connectivity index (χ3n) is 19.7. The van der Waals surface area contributed by atoms with Gasteiger partial charge in [-0.15, -0.1) is 15.3 Å². The number of ether oxygens (including phenoxy) is 3. The van der Waals surface area contributed by atoms with E-state index < -0.39 is 129 Å². The maximum absolute atomic E-state index is 14.2. The van der Waals surface area contributed by atoms with Crippen molar-refractivity contribution in [1.29, 1.82) is 0 Å². The van der Waals surface area contributed by atoms with Crippen molar-refractivity contribution in [3.05, 3.63) is 105 Å². The van der Waals surface area contributed by atoms with Gasteiger partial charge in [0.15, 0.2) is 66.4 Å². The van der Waals surface area contributed by atoms with E-state index in [0.29, 0.717) is 59.5 Å². The van der Waals surface area contributed by atoms with Crippen LogP contribution in [0.25, 0.3) is 33.5 Å². The summed E-state index contributed by atoms with van der Waals surface area (Å²) in [6.45, 7) is -1.23. The molecule has 0 unspecified atom stereocenters. The first-order valence-corrected chi connectivity index (χ1v) is 37.3. The summed E-state index contributed by atoms with van der Waals surface area (Å²) in [4.78, 5) is 26.6. The van der Waals surface area contributed by atoms with Gasteiger partial charge in [-0.25, -0.2) is 57.1 Å². The summed E-state index contributed by atoms with van der Waals surface area (Å²) in [6.07, 6.45) is -14.2. The van der Waals surface area contributed by atoms with Crippen molar-refractivity contribution in [3.63, 3.8) is 0 Å². The molecule has 582 valence electrons. The summed E-state index contributed by atoms with van der Waals surface area (Å²) >= 11 is 1.77. The zero-order valence-corrected chi connectivity index (χ0v) is 61.4. The number of anilines is 3. The Bertz CT molecular complexity index is 5370. The van der Waals surface area contributed by atoms with E-state index in [9.17, 15) is 54.0 Å². The molecule has 0 saturated heterocycles. The van der Waals surface area contributed by atoms with Gasteiger partial charge in [-0.3, -0.25) is 0 Å². The number of rotatable bonds is 30. The Morgan fingerprint density at radius 1 is 0.454 bits per heavy atom. The molecule has 15 rings (SSSR count). The summed E-state index contributed by atoms with van der Waals surface area (Å²) in [6, 6.07) is 12.1. The van der Waals surface area contributed by atoms with Gasteiger partial charge in [0, 0.05) is 86.0 Å². The van der Waals surface area contributed by atoms with Crippen molar-refractivity contribution < 1.29 is 95.3 Å². The van der Waals surface area contributed by atoms with Crippen LogP contribution < -0.4 is 16.0 Å². The summed E-state index contributed by atoms with van der Waals surface area (Å²) < 4.78 is 187. The number of fused-ring (bicyclic) bond motifs is 3. The molecule has 3 aromatic carbocycles. The van der Waals surface area contributed by atoms with Gasteiger partial charge in [-0.05, 0) is 111 Å². The predicted octanol–water partition coefficient (Wildman–Crippen LogP) is 6.55. The number of benzene rings is 3. The van der Waals surface area contributed by atoms with Crippen molar-refractivity contribution >= 4 is 86.2 Å². The molecular formula is C72H93F3N18O12S3. The highest BCUT2D eigenvalue weighted by Crippen LogP contribution is 2.48. The largest absolute Gasteiger partial charge is 0.394 e. The Kier molecular flexibility index (Phi) is 19.7. The lowest BCUT2D eigenvalue weighted by molar-refractivity contribution is -0.0629. The van der Waals surface area contributed by atoms with E-state index in [-0.39, 0.29) is 159 Å². The van der Waals surface area contributed by atoms with Crippen molar-refractivity contribution in [1.82, 2.24) is 74.9 Å². The van der Waals surface area contributed by atoms with Crippen LogP contribution >= 0.6 is 35.3 Å². The summed E-state index contributed by atoms with van der Waals surface area (Å²) in [5.74, 6) is -0.212. The van der Waals surface area contributed by atoms with Crippen LogP contribution in [-0.4, -0.2) is 251 Å². The average Bonchev–Trinajstić information content (AvgIpc) is 1.60. The molecule has 12 N–H and O–H groups in total. The van der Waals surface area contributed by atoms with Crippen molar-refractivity contribution in [3.8, 4) is 0 Å². The molecule has 0 aliphatic heterocycles.